The topological polar surface area (TPSA) is 45.4 Å². The Kier molecular flexibility index (Phi) is 3.17. The van der Waals surface area contributed by atoms with Crippen molar-refractivity contribution in [1.29, 1.82) is 0 Å². The fourth-order valence-electron chi connectivity index (χ4n) is 1.41. The lowest BCUT2D eigenvalue weighted by Crippen LogP contribution is -1.95. The fourth-order valence-corrected chi connectivity index (χ4v) is 1.63. The number of furan rings is 1. The quantitative estimate of drug-likeness (QED) is 0.860. The summed E-state index contributed by atoms with van der Waals surface area (Å²) in [6, 6.07) is 5.54. The fraction of sp³-hybridized carbons (Fsp3) is 0.167. The number of aliphatic hydroxyl groups excluding tert-OH is 1. The van der Waals surface area contributed by atoms with Crippen LogP contribution in [0.15, 0.2) is 28.9 Å². The second kappa shape index (κ2) is 4.60. The number of aryl methyl sites for hydroxylation is 1. The van der Waals surface area contributed by atoms with Crippen molar-refractivity contribution >= 4 is 23.0 Å². The molecule has 0 fully saturated rings. The molecule has 0 saturated carbocycles. The largest absolute Gasteiger partial charge is 0.458 e. The predicted molar refractivity (Wildman–Crippen MR) is 62.9 cm³/mol. The molecule has 0 aliphatic rings. The SMILES string of the molecule is Cc1cc(Cl)ccc1Nc1[c]occ1CO. The third-order valence-electron chi connectivity index (χ3n) is 2.30. The number of rotatable bonds is 3. The maximum atomic E-state index is 9.06. The maximum Gasteiger partial charge on any atom is 0.195 e. The van der Waals surface area contributed by atoms with E-state index in [1.807, 2.05) is 19.1 Å². The van der Waals surface area contributed by atoms with E-state index < -0.39 is 0 Å². The molecule has 0 amide bonds. The first-order valence-electron chi connectivity index (χ1n) is 4.83. The normalized spacial score (nSPS) is 10.4. The van der Waals surface area contributed by atoms with Crippen molar-refractivity contribution in [3.63, 3.8) is 0 Å². The van der Waals surface area contributed by atoms with Crippen LogP contribution in [-0.2, 0) is 6.61 Å². The van der Waals surface area contributed by atoms with Crippen LogP contribution >= 0.6 is 11.6 Å². The first-order chi connectivity index (χ1) is 7.70. The molecule has 1 aromatic carbocycles. The molecule has 2 N–H and O–H groups in total. The van der Waals surface area contributed by atoms with E-state index in [-0.39, 0.29) is 6.61 Å². The molecule has 0 bridgehead atoms. The molecule has 0 spiro atoms. The molecule has 4 heteroatoms. The highest BCUT2D eigenvalue weighted by atomic mass is 35.5. The Labute approximate surface area is 98.7 Å². The van der Waals surface area contributed by atoms with Gasteiger partial charge in [0.2, 0.25) is 0 Å². The van der Waals surface area contributed by atoms with Crippen molar-refractivity contribution in [2.75, 3.05) is 5.32 Å². The summed E-state index contributed by atoms with van der Waals surface area (Å²) in [5, 5.41) is 12.9. The lowest BCUT2D eigenvalue weighted by Gasteiger charge is -2.08. The van der Waals surface area contributed by atoms with E-state index in [4.69, 9.17) is 21.1 Å². The second-order valence-corrected chi connectivity index (χ2v) is 3.92. The molecule has 3 nitrogen and oxygen atoms in total. The summed E-state index contributed by atoms with van der Waals surface area (Å²) in [5.41, 5.74) is 3.25. The Morgan fingerprint density at radius 3 is 3.00 bits per heavy atom. The van der Waals surface area contributed by atoms with Crippen LogP contribution in [0.2, 0.25) is 5.02 Å². The average molecular weight is 237 g/mol. The number of aliphatic hydroxyl groups is 1. The molecule has 0 aliphatic heterocycles. The van der Waals surface area contributed by atoms with Gasteiger partial charge in [-0.2, -0.15) is 0 Å². The molecule has 0 atom stereocenters. The molecule has 1 radical (unpaired) electrons. The molecule has 0 aliphatic carbocycles. The maximum absolute atomic E-state index is 9.06. The molecule has 16 heavy (non-hydrogen) atoms. The number of nitrogens with one attached hydrogen (secondary N) is 1. The minimum absolute atomic E-state index is 0.0814. The van der Waals surface area contributed by atoms with Crippen LogP contribution in [0.1, 0.15) is 11.1 Å². The van der Waals surface area contributed by atoms with Gasteiger partial charge in [0, 0.05) is 16.3 Å². The predicted octanol–water partition coefficient (Wildman–Crippen LogP) is 3.28. The highest BCUT2D eigenvalue weighted by Gasteiger charge is 2.07. The van der Waals surface area contributed by atoms with Crippen molar-refractivity contribution in [2.45, 2.75) is 13.5 Å². The highest BCUT2D eigenvalue weighted by molar-refractivity contribution is 6.30. The molecular formula is C12H11ClNO2. The van der Waals surface area contributed by atoms with E-state index in [0.717, 1.165) is 11.3 Å². The molecule has 2 aromatic rings. The Balaban J connectivity index is 2.27. The van der Waals surface area contributed by atoms with Crippen LogP contribution in [0.25, 0.3) is 0 Å². The number of halogens is 1. The number of anilines is 2. The Morgan fingerprint density at radius 1 is 1.50 bits per heavy atom. The summed E-state index contributed by atoms with van der Waals surface area (Å²) >= 11 is 5.86. The summed E-state index contributed by atoms with van der Waals surface area (Å²) in [7, 11) is 0. The number of benzene rings is 1. The summed E-state index contributed by atoms with van der Waals surface area (Å²) in [5.74, 6) is 0. The van der Waals surface area contributed by atoms with Crippen LogP contribution < -0.4 is 5.32 Å². The zero-order valence-corrected chi connectivity index (χ0v) is 9.51. The van der Waals surface area contributed by atoms with Crippen LogP contribution in [0, 0.1) is 13.2 Å². The van der Waals surface area contributed by atoms with Gasteiger partial charge in [-0.1, -0.05) is 11.6 Å². The summed E-state index contributed by atoms with van der Waals surface area (Å²) in [4.78, 5) is 0. The summed E-state index contributed by atoms with van der Waals surface area (Å²) in [6.45, 7) is 1.87. The molecule has 83 valence electrons. The van der Waals surface area contributed by atoms with Crippen molar-refractivity contribution in [1.82, 2.24) is 0 Å². The van der Waals surface area contributed by atoms with Gasteiger partial charge in [-0.3, -0.25) is 0 Å². The number of hydrogen-bond donors (Lipinski definition) is 2. The van der Waals surface area contributed by atoms with Gasteiger partial charge in [0.05, 0.1) is 18.6 Å². The van der Waals surface area contributed by atoms with Crippen LogP contribution in [0.4, 0.5) is 11.4 Å². The van der Waals surface area contributed by atoms with Crippen LogP contribution in [0.3, 0.4) is 0 Å². The van der Waals surface area contributed by atoms with Crippen molar-refractivity contribution in [3.05, 3.63) is 46.9 Å². The molecule has 2 rings (SSSR count). The van der Waals surface area contributed by atoms with Gasteiger partial charge in [-0.15, -0.1) is 0 Å². The van der Waals surface area contributed by atoms with Gasteiger partial charge in [0.1, 0.15) is 0 Å². The first kappa shape index (κ1) is 11.0. The van der Waals surface area contributed by atoms with Gasteiger partial charge in [0.15, 0.2) is 6.26 Å². The van der Waals surface area contributed by atoms with Crippen molar-refractivity contribution < 1.29 is 9.52 Å². The second-order valence-electron chi connectivity index (χ2n) is 3.48. The van der Waals surface area contributed by atoms with Gasteiger partial charge >= 0.3 is 0 Å². The van der Waals surface area contributed by atoms with Gasteiger partial charge in [-0.05, 0) is 30.7 Å². The van der Waals surface area contributed by atoms with E-state index in [2.05, 4.69) is 11.6 Å². The number of hydrogen-bond acceptors (Lipinski definition) is 3. The minimum atomic E-state index is -0.0814. The Bertz CT molecular complexity index is 494. The summed E-state index contributed by atoms with van der Waals surface area (Å²) in [6.07, 6.45) is 4.13. The molecule has 0 saturated heterocycles. The van der Waals surface area contributed by atoms with E-state index >= 15 is 0 Å². The van der Waals surface area contributed by atoms with Crippen molar-refractivity contribution in [2.24, 2.45) is 0 Å². The average Bonchev–Trinajstić information content (AvgIpc) is 2.69. The van der Waals surface area contributed by atoms with Crippen LogP contribution in [-0.4, -0.2) is 5.11 Å². The monoisotopic (exact) mass is 236 g/mol. The lowest BCUT2D eigenvalue weighted by atomic mass is 10.2. The van der Waals surface area contributed by atoms with E-state index in [9.17, 15) is 0 Å². The highest BCUT2D eigenvalue weighted by Crippen LogP contribution is 2.25. The van der Waals surface area contributed by atoms with E-state index in [1.54, 1.807) is 6.07 Å². The third kappa shape index (κ3) is 2.21. The van der Waals surface area contributed by atoms with Gasteiger partial charge in [-0.25, -0.2) is 0 Å². The lowest BCUT2D eigenvalue weighted by molar-refractivity contribution is 0.281. The summed E-state index contributed by atoms with van der Waals surface area (Å²) < 4.78 is 4.90. The molecule has 1 heterocycles. The Morgan fingerprint density at radius 2 is 2.31 bits per heavy atom. The smallest absolute Gasteiger partial charge is 0.195 e. The van der Waals surface area contributed by atoms with Gasteiger partial charge < -0.3 is 14.8 Å². The first-order valence-corrected chi connectivity index (χ1v) is 5.20. The van der Waals surface area contributed by atoms with Crippen molar-refractivity contribution in [3.8, 4) is 0 Å². The standard InChI is InChI=1S/C12H11ClNO2/c1-8-4-10(13)2-3-11(8)14-12-7-16-6-9(12)5-15/h2-4,6,14-15H,5H2,1H3. The Hall–Kier alpha value is -1.45. The van der Waals surface area contributed by atoms with E-state index in [1.165, 1.54) is 6.26 Å². The van der Waals surface area contributed by atoms with E-state index in [0.29, 0.717) is 16.3 Å². The molecular weight excluding hydrogens is 226 g/mol. The third-order valence-corrected chi connectivity index (χ3v) is 2.54. The zero-order chi connectivity index (χ0) is 11.5. The van der Waals surface area contributed by atoms with Crippen LogP contribution in [0.5, 0.6) is 0 Å². The zero-order valence-electron chi connectivity index (χ0n) is 8.75. The minimum Gasteiger partial charge on any atom is -0.458 e. The molecule has 0 unspecified atom stereocenters. The molecule has 1 aromatic heterocycles. The van der Waals surface area contributed by atoms with Gasteiger partial charge in [0.25, 0.3) is 0 Å².